The van der Waals surface area contributed by atoms with Gasteiger partial charge in [0.15, 0.2) is 5.69 Å². The maximum atomic E-state index is 10.8. The lowest BCUT2D eigenvalue weighted by Gasteiger charge is -2.01. The summed E-state index contributed by atoms with van der Waals surface area (Å²) < 4.78 is 0. The van der Waals surface area contributed by atoms with Gasteiger partial charge in [0.1, 0.15) is 17.2 Å². The van der Waals surface area contributed by atoms with Gasteiger partial charge in [-0.2, -0.15) is 0 Å². The van der Waals surface area contributed by atoms with Crippen LogP contribution in [0.3, 0.4) is 0 Å². The van der Waals surface area contributed by atoms with Crippen LogP contribution in [-0.4, -0.2) is 15.1 Å². The van der Waals surface area contributed by atoms with Crippen molar-refractivity contribution >= 4 is 28.7 Å². The molecule has 0 bridgehead atoms. The SMILES string of the molecule is O=[N+]([O-])c1ccccc1N=Nc1cc(Cl)c(O)cc1O. The van der Waals surface area contributed by atoms with Crippen LogP contribution >= 0.6 is 11.6 Å². The lowest BCUT2D eigenvalue weighted by atomic mass is 10.3. The zero-order valence-corrected chi connectivity index (χ0v) is 10.7. The highest BCUT2D eigenvalue weighted by Gasteiger charge is 2.12. The fraction of sp³-hybridized carbons (Fsp3) is 0. The highest BCUT2D eigenvalue weighted by molar-refractivity contribution is 6.32. The molecule has 8 heteroatoms. The molecule has 0 atom stereocenters. The van der Waals surface area contributed by atoms with Crippen LogP contribution in [0.4, 0.5) is 17.1 Å². The van der Waals surface area contributed by atoms with Gasteiger partial charge in [0.25, 0.3) is 5.69 Å². The van der Waals surface area contributed by atoms with Gasteiger partial charge in [-0.25, -0.2) is 0 Å². The number of phenols is 2. The number of nitrogens with zero attached hydrogens (tertiary/aromatic N) is 3. The second kappa shape index (κ2) is 5.54. The number of nitro benzene ring substituents is 1. The number of rotatable bonds is 3. The summed E-state index contributed by atoms with van der Waals surface area (Å²) in [5.74, 6) is -0.636. The van der Waals surface area contributed by atoms with E-state index in [0.29, 0.717) is 0 Å². The molecule has 0 aliphatic carbocycles. The zero-order chi connectivity index (χ0) is 14.7. The molecule has 7 nitrogen and oxygen atoms in total. The van der Waals surface area contributed by atoms with Gasteiger partial charge in [0.2, 0.25) is 0 Å². The molecular weight excluding hydrogens is 286 g/mol. The van der Waals surface area contributed by atoms with Crippen LogP contribution in [-0.2, 0) is 0 Å². The third kappa shape index (κ3) is 2.83. The van der Waals surface area contributed by atoms with Crippen LogP contribution in [0, 0.1) is 10.1 Å². The largest absolute Gasteiger partial charge is 0.506 e. The first-order chi connectivity index (χ1) is 9.49. The van der Waals surface area contributed by atoms with Gasteiger partial charge in [-0.15, -0.1) is 10.2 Å². The van der Waals surface area contributed by atoms with Gasteiger partial charge >= 0.3 is 0 Å². The Morgan fingerprint density at radius 2 is 1.70 bits per heavy atom. The number of aromatic hydroxyl groups is 2. The van der Waals surface area contributed by atoms with Gasteiger partial charge in [0, 0.05) is 12.1 Å². The van der Waals surface area contributed by atoms with Crippen molar-refractivity contribution in [3.05, 3.63) is 51.5 Å². The van der Waals surface area contributed by atoms with Crippen molar-refractivity contribution in [2.75, 3.05) is 0 Å². The average Bonchev–Trinajstić information content (AvgIpc) is 2.41. The van der Waals surface area contributed by atoms with E-state index in [1.807, 2.05) is 0 Å². The minimum Gasteiger partial charge on any atom is -0.506 e. The molecule has 0 fully saturated rings. The third-order valence-electron chi connectivity index (χ3n) is 2.39. The lowest BCUT2D eigenvalue weighted by molar-refractivity contribution is -0.384. The number of hydrogen-bond donors (Lipinski definition) is 2. The molecule has 0 spiro atoms. The number of hydrogen-bond acceptors (Lipinski definition) is 6. The summed E-state index contributed by atoms with van der Waals surface area (Å²) in [5, 5.41) is 37.0. The summed E-state index contributed by atoms with van der Waals surface area (Å²) in [6, 6.07) is 8.00. The molecule has 0 heterocycles. The molecule has 0 aliphatic rings. The summed E-state index contributed by atoms with van der Waals surface area (Å²) in [4.78, 5) is 10.2. The monoisotopic (exact) mass is 293 g/mol. The van der Waals surface area contributed by atoms with Crippen LogP contribution in [0.15, 0.2) is 46.6 Å². The maximum Gasteiger partial charge on any atom is 0.296 e. The van der Waals surface area contributed by atoms with Crippen LogP contribution < -0.4 is 0 Å². The van der Waals surface area contributed by atoms with Crippen molar-refractivity contribution in [3.63, 3.8) is 0 Å². The predicted octanol–water partition coefficient (Wildman–Crippen LogP) is 4.07. The molecule has 2 aromatic rings. The molecule has 102 valence electrons. The highest BCUT2D eigenvalue weighted by Crippen LogP contribution is 2.37. The minimum atomic E-state index is -0.585. The molecule has 20 heavy (non-hydrogen) atoms. The van der Waals surface area contributed by atoms with E-state index in [2.05, 4.69) is 10.2 Å². The molecule has 0 saturated carbocycles. The van der Waals surface area contributed by atoms with E-state index in [0.717, 1.165) is 6.07 Å². The summed E-state index contributed by atoms with van der Waals surface area (Å²) in [6.07, 6.45) is 0. The maximum absolute atomic E-state index is 10.8. The van der Waals surface area contributed by atoms with Crippen LogP contribution in [0.5, 0.6) is 11.5 Å². The zero-order valence-electron chi connectivity index (χ0n) is 9.89. The Bertz CT molecular complexity index is 703. The van der Waals surface area contributed by atoms with E-state index in [-0.39, 0.29) is 33.6 Å². The summed E-state index contributed by atoms with van der Waals surface area (Å²) in [6.45, 7) is 0. The smallest absolute Gasteiger partial charge is 0.296 e. The summed E-state index contributed by atoms with van der Waals surface area (Å²) in [5.41, 5.74) is -0.173. The van der Waals surface area contributed by atoms with E-state index in [1.165, 1.54) is 24.3 Å². The average molecular weight is 294 g/mol. The Labute approximate surface area is 117 Å². The molecule has 2 aromatic carbocycles. The Balaban J connectivity index is 2.40. The van der Waals surface area contributed by atoms with Gasteiger partial charge < -0.3 is 10.2 Å². The summed E-state index contributed by atoms with van der Waals surface area (Å²) >= 11 is 5.68. The second-order valence-electron chi connectivity index (χ2n) is 3.74. The number of benzene rings is 2. The first kappa shape index (κ1) is 13.8. The van der Waals surface area contributed by atoms with Gasteiger partial charge in [-0.1, -0.05) is 23.7 Å². The standard InChI is InChI=1S/C12H8ClN3O4/c13-7-5-9(12(18)6-11(7)17)15-14-8-3-1-2-4-10(8)16(19)20/h1-6,17-18H. The molecule has 0 aromatic heterocycles. The van der Waals surface area contributed by atoms with Gasteiger partial charge in [-0.05, 0) is 12.1 Å². The lowest BCUT2D eigenvalue weighted by Crippen LogP contribution is -1.87. The van der Waals surface area contributed by atoms with Crippen LogP contribution in [0.2, 0.25) is 5.02 Å². The first-order valence-corrected chi connectivity index (χ1v) is 5.73. The van der Waals surface area contributed by atoms with Crippen molar-refractivity contribution < 1.29 is 15.1 Å². The predicted molar refractivity (Wildman–Crippen MR) is 72.1 cm³/mol. The number of phenolic OH excluding ortho intramolecular Hbond substituents is 2. The van der Waals surface area contributed by atoms with Crippen molar-refractivity contribution in [2.45, 2.75) is 0 Å². The minimum absolute atomic E-state index is 0.00838. The third-order valence-corrected chi connectivity index (χ3v) is 2.69. The Morgan fingerprint density at radius 1 is 1.05 bits per heavy atom. The van der Waals surface area contributed by atoms with Crippen molar-refractivity contribution in [1.82, 2.24) is 0 Å². The second-order valence-corrected chi connectivity index (χ2v) is 4.15. The normalized spacial score (nSPS) is 10.8. The molecule has 0 aliphatic heterocycles. The van der Waals surface area contributed by atoms with E-state index >= 15 is 0 Å². The van der Waals surface area contributed by atoms with E-state index in [9.17, 15) is 20.3 Å². The van der Waals surface area contributed by atoms with Crippen LogP contribution in [0.25, 0.3) is 0 Å². The van der Waals surface area contributed by atoms with Gasteiger partial charge in [0.05, 0.1) is 9.95 Å². The number of halogens is 1. The molecule has 2 rings (SSSR count). The van der Waals surface area contributed by atoms with E-state index < -0.39 is 4.92 Å². The molecular formula is C12H8ClN3O4. The van der Waals surface area contributed by atoms with Crippen molar-refractivity contribution in [3.8, 4) is 11.5 Å². The van der Waals surface area contributed by atoms with E-state index in [1.54, 1.807) is 6.07 Å². The first-order valence-electron chi connectivity index (χ1n) is 5.35. The molecule has 0 amide bonds. The quantitative estimate of drug-likeness (QED) is 0.505. The Hall–Kier alpha value is -2.67. The molecule has 0 radical (unpaired) electrons. The molecule has 2 N–H and O–H groups in total. The van der Waals surface area contributed by atoms with Crippen molar-refractivity contribution in [1.29, 1.82) is 0 Å². The van der Waals surface area contributed by atoms with Crippen LogP contribution in [0.1, 0.15) is 0 Å². The molecule has 0 saturated heterocycles. The highest BCUT2D eigenvalue weighted by atomic mass is 35.5. The number of nitro groups is 1. The Kier molecular flexibility index (Phi) is 3.81. The Morgan fingerprint density at radius 3 is 2.40 bits per heavy atom. The topological polar surface area (TPSA) is 108 Å². The van der Waals surface area contributed by atoms with Crippen molar-refractivity contribution in [2.24, 2.45) is 10.2 Å². The fourth-order valence-corrected chi connectivity index (χ4v) is 1.59. The fourth-order valence-electron chi connectivity index (χ4n) is 1.43. The molecule has 0 unspecified atom stereocenters. The number of azo groups is 1. The van der Waals surface area contributed by atoms with Gasteiger partial charge in [-0.3, -0.25) is 10.1 Å². The van der Waals surface area contributed by atoms with E-state index in [4.69, 9.17) is 11.6 Å². The number of para-hydroxylation sites is 1. The summed E-state index contributed by atoms with van der Waals surface area (Å²) in [7, 11) is 0.